The number of anilines is 2. The molecule has 0 aromatic heterocycles. The van der Waals surface area contributed by atoms with Crippen molar-refractivity contribution in [1.29, 1.82) is 0 Å². The van der Waals surface area contributed by atoms with E-state index in [4.69, 9.17) is 11.6 Å². The topological polar surface area (TPSA) is 49.4 Å². The van der Waals surface area contributed by atoms with Crippen LogP contribution < -0.4 is 10.2 Å². The van der Waals surface area contributed by atoms with E-state index in [1.54, 1.807) is 17.0 Å². The van der Waals surface area contributed by atoms with Crippen molar-refractivity contribution in [2.45, 2.75) is 32.6 Å². The number of amides is 2. The van der Waals surface area contributed by atoms with Gasteiger partial charge >= 0.3 is 0 Å². The van der Waals surface area contributed by atoms with Crippen LogP contribution in [0.2, 0.25) is 5.02 Å². The summed E-state index contributed by atoms with van der Waals surface area (Å²) in [6.07, 6.45) is 1.50. The van der Waals surface area contributed by atoms with E-state index in [1.807, 2.05) is 50.2 Å². The van der Waals surface area contributed by atoms with Gasteiger partial charge in [0.1, 0.15) is 0 Å². The Morgan fingerprint density at radius 1 is 1.08 bits per heavy atom. The highest BCUT2D eigenvalue weighted by molar-refractivity contribution is 6.30. The van der Waals surface area contributed by atoms with Gasteiger partial charge in [0.25, 0.3) is 0 Å². The maximum Gasteiger partial charge on any atom is 0.232 e. The highest BCUT2D eigenvalue weighted by Gasteiger charge is 2.25. The zero-order valence-electron chi connectivity index (χ0n) is 15.0. The third kappa shape index (κ3) is 4.07. The Labute approximate surface area is 159 Å². The third-order valence-corrected chi connectivity index (χ3v) is 4.95. The van der Waals surface area contributed by atoms with Crippen LogP contribution in [0.15, 0.2) is 48.5 Å². The van der Waals surface area contributed by atoms with Gasteiger partial charge in [0, 0.05) is 29.4 Å². The van der Waals surface area contributed by atoms with Gasteiger partial charge in [-0.1, -0.05) is 37.6 Å². The Morgan fingerprint density at radius 3 is 2.27 bits per heavy atom. The van der Waals surface area contributed by atoms with Crippen molar-refractivity contribution in [2.24, 2.45) is 5.92 Å². The van der Waals surface area contributed by atoms with Crippen molar-refractivity contribution in [3.8, 4) is 0 Å². The molecule has 1 aliphatic heterocycles. The van der Waals surface area contributed by atoms with E-state index in [2.05, 4.69) is 5.32 Å². The van der Waals surface area contributed by atoms with Crippen LogP contribution in [-0.4, -0.2) is 18.4 Å². The van der Waals surface area contributed by atoms with Crippen molar-refractivity contribution in [3.05, 3.63) is 59.1 Å². The minimum absolute atomic E-state index is 0.0488. The molecule has 5 heteroatoms. The first-order valence-electron chi connectivity index (χ1n) is 8.92. The number of rotatable bonds is 5. The molecule has 0 radical (unpaired) electrons. The number of hydrogen-bond donors (Lipinski definition) is 1. The van der Waals surface area contributed by atoms with E-state index in [-0.39, 0.29) is 23.7 Å². The maximum absolute atomic E-state index is 12.8. The summed E-state index contributed by atoms with van der Waals surface area (Å²) in [7, 11) is 0. The van der Waals surface area contributed by atoms with Crippen LogP contribution in [0.25, 0.3) is 0 Å². The molecule has 1 N–H and O–H groups in total. The monoisotopic (exact) mass is 370 g/mol. The van der Waals surface area contributed by atoms with Crippen molar-refractivity contribution < 1.29 is 9.59 Å². The Balaban J connectivity index is 1.73. The number of hydrogen-bond acceptors (Lipinski definition) is 2. The van der Waals surface area contributed by atoms with E-state index >= 15 is 0 Å². The SMILES string of the molecule is CC(C)[C@H](C(=O)Nc1ccc(N2CCCC2=O)cc1)c1ccc(Cl)cc1. The maximum atomic E-state index is 12.8. The average molecular weight is 371 g/mol. The van der Waals surface area contributed by atoms with Crippen molar-refractivity contribution in [1.82, 2.24) is 0 Å². The predicted octanol–water partition coefficient (Wildman–Crippen LogP) is 4.85. The fourth-order valence-electron chi connectivity index (χ4n) is 3.38. The first-order chi connectivity index (χ1) is 12.5. The summed E-state index contributed by atoms with van der Waals surface area (Å²) in [5.41, 5.74) is 2.55. The first kappa shape index (κ1) is 18.5. The molecule has 136 valence electrons. The summed E-state index contributed by atoms with van der Waals surface area (Å²) < 4.78 is 0. The molecule has 2 aromatic carbocycles. The molecule has 26 heavy (non-hydrogen) atoms. The van der Waals surface area contributed by atoms with Crippen LogP contribution in [0, 0.1) is 5.92 Å². The van der Waals surface area contributed by atoms with Crippen LogP contribution >= 0.6 is 11.6 Å². The van der Waals surface area contributed by atoms with Crippen molar-refractivity contribution in [3.63, 3.8) is 0 Å². The highest BCUT2D eigenvalue weighted by Crippen LogP contribution is 2.28. The molecule has 0 unspecified atom stereocenters. The lowest BCUT2D eigenvalue weighted by molar-refractivity contribution is -0.118. The zero-order valence-corrected chi connectivity index (χ0v) is 15.8. The summed E-state index contributed by atoms with van der Waals surface area (Å²) in [6.45, 7) is 4.82. The van der Waals surface area contributed by atoms with Gasteiger partial charge in [-0.25, -0.2) is 0 Å². The summed E-state index contributed by atoms with van der Waals surface area (Å²) in [5, 5.41) is 3.65. The summed E-state index contributed by atoms with van der Waals surface area (Å²) in [5.74, 6) is 0.00138. The largest absolute Gasteiger partial charge is 0.326 e. The third-order valence-electron chi connectivity index (χ3n) is 4.70. The molecule has 2 aromatic rings. The van der Waals surface area contributed by atoms with Crippen molar-refractivity contribution in [2.75, 3.05) is 16.8 Å². The molecular formula is C21H23ClN2O2. The normalized spacial score (nSPS) is 15.4. The van der Waals surface area contributed by atoms with Gasteiger partial charge < -0.3 is 10.2 Å². The molecule has 1 atom stereocenters. The summed E-state index contributed by atoms with van der Waals surface area (Å²) >= 11 is 5.96. The second-order valence-electron chi connectivity index (χ2n) is 6.96. The smallest absolute Gasteiger partial charge is 0.232 e. The number of carbonyl (C=O) groups is 2. The van der Waals surface area contributed by atoms with Crippen LogP contribution in [-0.2, 0) is 9.59 Å². The van der Waals surface area contributed by atoms with E-state index in [1.165, 1.54) is 0 Å². The molecule has 0 bridgehead atoms. The van der Waals surface area contributed by atoms with Gasteiger partial charge in [-0.15, -0.1) is 0 Å². The molecule has 0 aliphatic carbocycles. The minimum Gasteiger partial charge on any atom is -0.326 e. The molecule has 2 amide bonds. The van der Waals surface area contributed by atoms with Crippen LogP contribution in [0.5, 0.6) is 0 Å². The minimum atomic E-state index is -0.257. The molecule has 1 heterocycles. The lowest BCUT2D eigenvalue weighted by Gasteiger charge is -2.21. The molecule has 1 aliphatic rings. The van der Waals surface area contributed by atoms with E-state index < -0.39 is 0 Å². The van der Waals surface area contributed by atoms with E-state index in [9.17, 15) is 9.59 Å². The van der Waals surface area contributed by atoms with Gasteiger partial charge in [-0.05, 0) is 54.3 Å². The molecule has 3 rings (SSSR count). The quantitative estimate of drug-likeness (QED) is 0.818. The Morgan fingerprint density at radius 2 is 1.73 bits per heavy atom. The number of halogens is 1. The van der Waals surface area contributed by atoms with Crippen LogP contribution in [0.4, 0.5) is 11.4 Å². The molecular weight excluding hydrogens is 348 g/mol. The Hall–Kier alpha value is -2.33. The fraction of sp³-hybridized carbons (Fsp3) is 0.333. The zero-order chi connectivity index (χ0) is 18.7. The number of nitrogens with one attached hydrogen (secondary N) is 1. The number of nitrogens with zero attached hydrogens (tertiary/aromatic N) is 1. The summed E-state index contributed by atoms with van der Waals surface area (Å²) in [6, 6.07) is 14.9. The van der Waals surface area contributed by atoms with Gasteiger partial charge in [0.15, 0.2) is 0 Å². The molecule has 0 saturated carbocycles. The van der Waals surface area contributed by atoms with Gasteiger partial charge in [-0.3, -0.25) is 9.59 Å². The lowest BCUT2D eigenvalue weighted by Crippen LogP contribution is -2.25. The number of benzene rings is 2. The molecule has 4 nitrogen and oxygen atoms in total. The standard InChI is InChI=1S/C21H23ClN2O2/c1-14(2)20(15-5-7-16(22)8-6-15)21(26)23-17-9-11-18(12-10-17)24-13-3-4-19(24)25/h5-12,14,20H,3-4,13H2,1-2H3,(H,23,26)/t20-/m0/s1. The molecule has 1 fully saturated rings. The van der Waals surface area contributed by atoms with Gasteiger partial charge in [0.2, 0.25) is 11.8 Å². The van der Waals surface area contributed by atoms with Gasteiger partial charge in [0.05, 0.1) is 5.92 Å². The average Bonchev–Trinajstić information content (AvgIpc) is 3.03. The number of carbonyl (C=O) groups excluding carboxylic acids is 2. The molecule has 0 spiro atoms. The summed E-state index contributed by atoms with van der Waals surface area (Å²) in [4.78, 5) is 26.4. The van der Waals surface area contributed by atoms with E-state index in [0.29, 0.717) is 11.4 Å². The second-order valence-corrected chi connectivity index (χ2v) is 7.39. The predicted molar refractivity (Wildman–Crippen MR) is 106 cm³/mol. The van der Waals surface area contributed by atoms with E-state index in [0.717, 1.165) is 29.9 Å². The van der Waals surface area contributed by atoms with Crippen molar-refractivity contribution >= 4 is 34.8 Å². The highest BCUT2D eigenvalue weighted by atomic mass is 35.5. The van der Waals surface area contributed by atoms with Gasteiger partial charge in [-0.2, -0.15) is 0 Å². The Kier molecular flexibility index (Phi) is 5.62. The fourth-order valence-corrected chi connectivity index (χ4v) is 3.50. The van der Waals surface area contributed by atoms with Crippen LogP contribution in [0.1, 0.15) is 38.2 Å². The first-order valence-corrected chi connectivity index (χ1v) is 9.30. The van der Waals surface area contributed by atoms with Crippen LogP contribution in [0.3, 0.4) is 0 Å². The molecule has 1 saturated heterocycles. The lowest BCUT2D eigenvalue weighted by atomic mass is 9.87. The second kappa shape index (κ2) is 7.92. The Bertz CT molecular complexity index is 785.